The molecule has 1 aliphatic heterocycles. The van der Waals surface area contributed by atoms with Gasteiger partial charge in [0, 0.05) is 32.5 Å². The number of hydrogen-bond acceptors (Lipinski definition) is 5. The van der Waals surface area contributed by atoms with E-state index in [1.807, 2.05) is 36.4 Å². The van der Waals surface area contributed by atoms with E-state index in [2.05, 4.69) is 14.9 Å². The first-order valence-electron chi connectivity index (χ1n) is 8.44. The quantitative estimate of drug-likeness (QED) is 0.729. The van der Waals surface area contributed by atoms with Crippen molar-refractivity contribution in [1.29, 1.82) is 0 Å². The average molecular weight is 336 g/mol. The van der Waals surface area contributed by atoms with Gasteiger partial charge in [0.25, 0.3) is 5.56 Å². The SMILES string of the molecule is Cn1c(CN2CC[C@@H](Oc3ccncc3)C2)nc2ccccc2c1=O. The lowest BCUT2D eigenvalue weighted by Crippen LogP contribution is -2.29. The third-order valence-corrected chi connectivity index (χ3v) is 4.62. The molecular formula is C19H20N4O2. The summed E-state index contributed by atoms with van der Waals surface area (Å²) in [5.41, 5.74) is 0.758. The van der Waals surface area contributed by atoms with Gasteiger partial charge in [-0.2, -0.15) is 0 Å². The van der Waals surface area contributed by atoms with Crippen LogP contribution in [-0.2, 0) is 13.6 Å². The molecule has 1 atom stereocenters. The van der Waals surface area contributed by atoms with Crippen LogP contribution in [-0.4, -0.2) is 38.6 Å². The minimum atomic E-state index is 0.00406. The zero-order chi connectivity index (χ0) is 17.2. The number of rotatable bonds is 4. The van der Waals surface area contributed by atoms with Crippen molar-refractivity contribution in [2.24, 2.45) is 7.05 Å². The van der Waals surface area contributed by atoms with Crippen molar-refractivity contribution >= 4 is 10.9 Å². The van der Waals surface area contributed by atoms with Crippen LogP contribution in [0.4, 0.5) is 0 Å². The smallest absolute Gasteiger partial charge is 0.261 e. The van der Waals surface area contributed by atoms with E-state index >= 15 is 0 Å². The number of benzene rings is 1. The molecule has 0 amide bonds. The minimum Gasteiger partial charge on any atom is -0.489 e. The van der Waals surface area contributed by atoms with Crippen molar-refractivity contribution in [2.75, 3.05) is 13.1 Å². The molecule has 1 saturated heterocycles. The number of fused-ring (bicyclic) bond motifs is 1. The molecule has 1 fully saturated rings. The highest BCUT2D eigenvalue weighted by atomic mass is 16.5. The summed E-state index contributed by atoms with van der Waals surface area (Å²) in [6.07, 6.45) is 4.58. The molecule has 0 N–H and O–H groups in total. The fraction of sp³-hybridized carbons (Fsp3) is 0.316. The zero-order valence-electron chi connectivity index (χ0n) is 14.1. The Balaban J connectivity index is 1.49. The Hall–Kier alpha value is -2.73. The number of aromatic nitrogens is 3. The second-order valence-electron chi connectivity index (χ2n) is 6.36. The summed E-state index contributed by atoms with van der Waals surface area (Å²) in [6.45, 7) is 2.40. The van der Waals surface area contributed by atoms with Crippen LogP contribution >= 0.6 is 0 Å². The second-order valence-corrected chi connectivity index (χ2v) is 6.36. The molecule has 0 radical (unpaired) electrons. The van der Waals surface area contributed by atoms with Crippen LogP contribution in [0, 0.1) is 0 Å². The monoisotopic (exact) mass is 336 g/mol. The molecule has 0 saturated carbocycles. The lowest BCUT2D eigenvalue weighted by molar-refractivity contribution is 0.196. The van der Waals surface area contributed by atoms with Crippen molar-refractivity contribution in [3.63, 3.8) is 0 Å². The van der Waals surface area contributed by atoms with E-state index in [-0.39, 0.29) is 11.7 Å². The molecule has 4 rings (SSSR count). The Bertz CT molecular complexity index is 939. The number of hydrogen-bond donors (Lipinski definition) is 0. The first-order valence-corrected chi connectivity index (χ1v) is 8.44. The fourth-order valence-corrected chi connectivity index (χ4v) is 3.25. The maximum absolute atomic E-state index is 12.5. The molecule has 0 unspecified atom stereocenters. The van der Waals surface area contributed by atoms with E-state index in [0.29, 0.717) is 11.9 Å². The first-order chi connectivity index (χ1) is 12.2. The Morgan fingerprint density at radius 2 is 2.00 bits per heavy atom. The van der Waals surface area contributed by atoms with Gasteiger partial charge in [0.1, 0.15) is 17.7 Å². The molecule has 3 aromatic rings. The van der Waals surface area contributed by atoms with E-state index in [0.717, 1.165) is 36.6 Å². The van der Waals surface area contributed by atoms with Crippen LogP contribution in [0.2, 0.25) is 0 Å². The summed E-state index contributed by atoms with van der Waals surface area (Å²) in [7, 11) is 1.79. The van der Waals surface area contributed by atoms with Gasteiger partial charge >= 0.3 is 0 Å². The number of likely N-dealkylation sites (tertiary alicyclic amines) is 1. The molecule has 128 valence electrons. The predicted molar refractivity (Wildman–Crippen MR) is 95.5 cm³/mol. The Morgan fingerprint density at radius 3 is 2.84 bits per heavy atom. The normalized spacial score (nSPS) is 17.9. The maximum atomic E-state index is 12.5. The minimum absolute atomic E-state index is 0.00406. The van der Waals surface area contributed by atoms with Gasteiger partial charge in [-0.3, -0.25) is 19.2 Å². The van der Waals surface area contributed by atoms with Gasteiger partial charge in [0.2, 0.25) is 0 Å². The van der Waals surface area contributed by atoms with Gasteiger partial charge in [-0.05, 0) is 30.7 Å². The summed E-state index contributed by atoms with van der Waals surface area (Å²) < 4.78 is 7.65. The van der Waals surface area contributed by atoms with Gasteiger partial charge in [-0.25, -0.2) is 4.98 Å². The van der Waals surface area contributed by atoms with E-state index in [4.69, 9.17) is 4.74 Å². The summed E-state index contributed by atoms with van der Waals surface area (Å²) in [5, 5.41) is 0.661. The second kappa shape index (κ2) is 6.64. The highest BCUT2D eigenvalue weighted by Crippen LogP contribution is 2.19. The zero-order valence-corrected chi connectivity index (χ0v) is 14.1. The van der Waals surface area contributed by atoms with Crippen molar-refractivity contribution in [3.05, 3.63) is 65.0 Å². The molecule has 1 aromatic carbocycles. The predicted octanol–water partition coefficient (Wildman–Crippen LogP) is 1.98. The Morgan fingerprint density at radius 1 is 1.20 bits per heavy atom. The Kier molecular flexibility index (Phi) is 4.19. The van der Waals surface area contributed by atoms with E-state index < -0.39 is 0 Å². The molecule has 25 heavy (non-hydrogen) atoms. The topological polar surface area (TPSA) is 60.2 Å². The highest BCUT2D eigenvalue weighted by molar-refractivity contribution is 5.77. The third kappa shape index (κ3) is 3.25. The van der Waals surface area contributed by atoms with E-state index in [9.17, 15) is 4.79 Å². The maximum Gasteiger partial charge on any atom is 0.261 e. The summed E-state index contributed by atoms with van der Waals surface area (Å²) in [5.74, 6) is 1.63. The molecule has 0 aliphatic carbocycles. The molecule has 0 spiro atoms. The van der Waals surface area contributed by atoms with Gasteiger partial charge in [0.15, 0.2) is 0 Å². The first kappa shape index (κ1) is 15.8. The van der Waals surface area contributed by atoms with Crippen LogP contribution < -0.4 is 10.3 Å². The van der Waals surface area contributed by atoms with E-state index in [1.54, 1.807) is 24.0 Å². The van der Waals surface area contributed by atoms with Crippen molar-refractivity contribution < 1.29 is 4.74 Å². The fourth-order valence-electron chi connectivity index (χ4n) is 3.25. The molecule has 3 heterocycles. The van der Waals surface area contributed by atoms with Crippen LogP contribution in [0.5, 0.6) is 5.75 Å². The standard InChI is InChI=1S/C19H20N4O2/c1-22-18(21-17-5-3-2-4-16(17)19(22)24)13-23-11-8-15(12-23)25-14-6-9-20-10-7-14/h2-7,9-10,15H,8,11-13H2,1H3/t15-/m1/s1. The number of ether oxygens (including phenoxy) is 1. The van der Waals surface area contributed by atoms with Crippen molar-refractivity contribution in [3.8, 4) is 5.75 Å². The lowest BCUT2D eigenvalue weighted by atomic mass is 10.2. The lowest BCUT2D eigenvalue weighted by Gasteiger charge is -2.18. The van der Waals surface area contributed by atoms with Gasteiger partial charge in [-0.15, -0.1) is 0 Å². The average Bonchev–Trinajstić information content (AvgIpc) is 3.07. The van der Waals surface area contributed by atoms with Gasteiger partial charge in [-0.1, -0.05) is 12.1 Å². The molecular weight excluding hydrogens is 316 g/mol. The molecule has 1 aliphatic rings. The molecule has 6 heteroatoms. The molecule has 2 aromatic heterocycles. The van der Waals surface area contributed by atoms with Crippen LogP contribution in [0.25, 0.3) is 10.9 Å². The van der Waals surface area contributed by atoms with Crippen molar-refractivity contribution in [2.45, 2.75) is 19.1 Å². The highest BCUT2D eigenvalue weighted by Gasteiger charge is 2.25. The largest absolute Gasteiger partial charge is 0.489 e. The molecule has 0 bridgehead atoms. The van der Waals surface area contributed by atoms with E-state index in [1.165, 1.54) is 0 Å². The van der Waals surface area contributed by atoms with Crippen LogP contribution in [0.15, 0.2) is 53.6 Å². The van der Waals surface area contributed by atoms with Gasteiger partial charge in [0.05, 0.1) is 17.4 Å². The van der Waals surface area contributed by atoms with Crippen LogP contribution in [0.1, 0.15) is 12.2 Å². The number of para-hydroxylation sites is 1. The van der Waals surface area contributed by atoms with Gasteiger partial charge < -0.3 is 4.74 Å². The number of pyridine rings is 1. The van der Waals surface area contributed by atoms with Crippen LogP contribution in [0.3, 0.4) is 0 Å². The molecule has 6 nitrogen and oxygen atoms in total. The number of nitrogens with zero attached hydrogens (tertiary/aromatic N) is 4. The summed E-state index contributed by atoms with van der Waals surface area (Å²) in [6, 6.07) is 11.2. The van der Waals surface area contributed by atoms with Crippen molar-refractivity contribution in [1.82, 2.24) is 19.4 Å². The summed E-state index contributed by atoms with van der Waals surface area (Å²) in [4.78, 5) is 23.5. The Labute approximate surface area is 145 Å². The summed E-state index contributed by atoms with van der Waals surface area (Å²) >= 11 is 0. The third-order valence-electron chi connectivity index (χ3n) is 4.62.